The molecule has 1 N–H and O–H groups in total. The first-order chi connectivity index (χ1) is 18.3. The maximum Gasteiger partial charge on any atom is 0.416 e. The Morgan fingerprint density at radius 1 is 1.10 bits per heavy atom. The molecular weight excluding hydrogens is 555 g/mol. The van der Waals surface area contributed by atoms with E-state index in [2.05, 4.69) is 5.32 Å². The van der Waals surface area contributed by atoms with Gasteiger partial charge in [-0.1, -0.05) is 42.6 Å². The third kappa shape index (κ3) is 8.86. The Morgan fingerprint density at radius 3 is 2.38 bits per heavy atom. The molecule has 2 amide bonds. The molecule has 1 atom stereocenters. The van der Waals surface area contributed by atoms with Crippen LogP contribution in [0.1, 0.15) is 56.6 Å². The van der Waals surface area contributed by atoms with Crippen molar-refractivity contribution in [1.82, 2.24) is 10.2 Å². The summed E-state index contributed by atoms with van der Waals surface area (Å²) in [5.74, 6) is -0.666. The highest BCUT2D eigenvalue weighted by Crippen LogP contribution is 2.32. The lowest BCUT2D eigenvalue weighted by Crippen LogP contribution is -2.49. The van der Waals surface area contributed by atoms with Crippen LogP contribution in [0.5, 0.6) is 0 Å². The monoisotopic (exact) mass is 587 g/mol. The lowest BCUT2D eigenvalue weighted by molar-refractivity contribution is -0.141. The standard InChI is InChI=1S/C27H33ClF3N3O4S/c1-19(26(36)32-23-11-3-4-12-23)33(18-20-8-5-10-22(28)16-20)25(35)14-7-15-34(39(2,37)38)24-13-6-9-21(17-24)27(29,30)31/h5-6,8-10,13,16-17,19,23H,3-4,7,11-12,14-15,18H2,1-2H3,(H,32,36). The van der Waals surface area contributed by atoms with Gasteiger partial charge in [-0.05, 0) is 62.1 Å². The van der Waals surface area contributed by atoms with Crippen LogP contribution in [0, 0.1) is 0 Å². The quantitative estimate of drug-likeness (QED) is 0.382. The second-order valence-electron chi connectivity index (χ2n) is 9.80. The molecule has 1 aliphatic carbocycles. The fourth-order valence-electron chi connectivity index (χ4n) is 4.65. The van der Waals surface area contributed by atoms with Crippen molar-refractivity contribution < 1.29 is 31.2 Å². The number of hydrogen-bond donors (Lipinski definition) is 1. The molecule has 0 radical (unpaired) electrons. The van der Waals surface area contributed by atoms with Crippen LogP contribution in [-0.2, 0) is 32.3 Å². The topological polar surface area (TPSA) is 86.8 Å². The van der Waals surface area contributed by atoms with Gasteiger partial charge in [0.2, 0.25) is 21.8 Å². The number of halogens is 4. The number of nitrogens with one attached hydrogen (secondary N) is 1. The van der Waals surface area contributed by atoms with Crippen molar-refractivity contribution in [1.29, 1.82) is 0 Å². The molecule has 0 bridgehead atoms. The van der Waals surface area contributed by atoms with Gasteiger partial charge in [-0.15, -0.1) is 0 Å². The molecule has 12 heteroatoms. The summed E-state index contributed by atoms with van der Waals surface area (Å²) in [4.78, 5) is 27.8. The summed E-state index contributed by atoms with van der Waals surface area (Å²) < 4.78 is 65.3. The highest BCUT2D eigenvalue weighted by Gasteiger charge is 2.32. The van der Waals surface area contributed by atoms with Crippen LogP contribution in [0.4, 0.5) is 18.9 Å². The number of nitrogens with zero attached hydrogens (tertiary/aromatic N) is 2. The van der Waals surface area contributed by atoms with E-state index in [1.165, 1.54) is 11.0 Å². The number of rotatable bonds is 11. The predicted octanol–water partition coefficient (Wildman–Crippen LogP) is 5.38. The normalized spacial score (nSPS) is 15.1. The first kappa shape index (κ1) is 30.7. The largest absolute Gasteiger partial charge is 0.416 e. The first-order valence-corrected chi connectivity index (χ1v) is 15.0. The maximum absolute atomic E-state index is 13.4. The molecule has 0 aromatic heterocycles. The third-order valence-corrected chi connectivity index (χ3v) is 8.15. The SMILES string of the molecule is CC(C(=O)NC1CCCC1)N(Cc1cccc(Cl)c1)C(=O)CCCN(c1cccc(C(F)(F)F)c1)S(C)(=O)=O. The summed E-state index contributed by atoms with van der Waals surface area (Å²) in [6.45, 7) is 1.54. The van der Waals surface area contributed by atoms with Crippen molar-refractivity contribution >= 4 is 39.1 Å². The van der Waals surface area contributed by atoms with Crippen LogP contribution in [0.15, 0.2) is 48.5 Å². The Balaban J connectivity index is 1.74. The Hall–Kier alpha value is -2.79. The molecule has 7 nitrogen and oxygen atoms in total. The van der Waals surface area contributed by atoms with Crippen molar-refractivity contribution in [3.8, 4) is 0 Å². The minimum absolute atomic E-state index is 0.0329. The van der Waals surface area contributed by atoms with Gasteiger partial charge in [0.05, 0.1) is 17.5 Å². The number of alkyl halides is 3. The van der Waals surface area contributed by atoms with Gasteiger partial charge in [0, 0.05) is 30.6 Å². The molecule has 0 heterocycles. The summed E-state index contributed by atoms with van der Waals surface area (Å²) in [5.41, 5.74) is -0.391. The summed E-state index contributed by atoms with van der Waals surface area (Å²) in [6, 6.07) is 10.2. The smallest absolute Gasteiger partial charge is 0.352 e. The predicted molar refractivity (Wildman–Crippen MR) is 145 cm³/mol. The molecule has 39 heavy (non-hydrogen) atoms. The zero-order chi connectivity index (χ0) is 28.8. The van der Waals surface area contributed by atoms with E-state index in [0.29, 0.717) is 5.02 Å². The third-order valence-electron chi connectivity index (χ3n) is 6.72. The molecule has 214 valence electrons. The number of amides is 2. The highest BCUT2D eigenvalue weighted by molar-refractivity contribution is 7.92. The van der Waals surface area contributed by atoms with E-state index in [9.17, 15) is 31.2 Å². The number of hydrogen-bond acceptors (Lipinski definition) is 4. The molecule has 3 rings (SSSR count). The Bertz CT molecular complexity index is 1270. The van der Waals surface area contributed by atoms with Gasteiger partial charge in [0.15, 0.2) is 0 Å². The molecule has 1 aliphatic rings. The molecule has 1 unspecified atom stereocenters. The Labute approximate surface area is 232 Å². The number of anilines is 1. The van der Waals surface area contributed by atoms with Gasteiger partial charge in [-0.2, -0.15) is 13.2 Å². The lowest BCUT2D eigenvalue weighted by atomic mass is 10.1. The van der Waals surface area contributed by atoms with Crippen LogP contribution >= 0.6 is 11.6 Å². The number of carbonyl (C=O) groups is 2. The van der Waals surface area contributed by atoms with Gasteiger partial charge in [-0.3, -0.25) is 13.9 Å². The number of sulfonamides is 1. The first-order valence-electron chi connectivity index (χ1n) is 12.7. The molecule has 0 aliphatic heterocycles. The van der Waals surface area contributed by atoms with Crippen molar-refractivity contribution in [2.75, 3.05) is 17.1 Å². The minimum atomic E-state index is -4.63. The zero-order valence-electron chi connectivity index (χ0n) is 21.9. The van der Waals surface area contributed by atoms with Crippen molar-refractivity contribution in [3.05, 3.63) is 64.7 Å². The molecular formula is C27H33ClF3N3O4S. The van der Waals surface area contributed by atoms with Gasteiger partial charge in [-0.25, -0.2) is 8.42 Å². The van der Waals surface area contributed by atoms with E-state index < -0.39 is 27.8 Å². The van der Waals surface area contributed by atoms with Crippen LogP contribution in [-0.4, -0.2) is 50.0 Å². The molecule has 2 aromatic rings. The van der Waals surface area contributed by atoms with E-state index >= 15 is 0 Å². The van der Waals surface area contributed by atoms with E-state index in [1.807, 2.05) is 0 Å². The highest BCUT2D eigenvalue weighted by atomic mass is 35.5. The van der Waals surface area contributed by atoms with Gasteiger partial charge in [0.1, 0.15) is 6.04 Å². The average molecular weight is 588 g/mol. The van der Waals surface area contributed by atoms with Crippen LogP contribution in [0.2, 0.25) is 5.02 Å². The average Bonchev–Trinajstić information content (AvgIpc) is 3.36. The Kier molecular flexibility index (Phi) is 10.3. The second kappa shape index (κ2) is 13.0. The summed E-state index contributed by atoms with van der Waals surface area (Å²) in [7, 11) is -3.93. The van der Waals surface area contributed by atoms with Crippen LogP contribution in [0.25, 0.3) is 0 Å². The van der Waals surface area contributed by atoms with E-state index in [1.54, 1.807) is 31.2 Å². The lowest BCUT2D eigenvalue weighted by Gasteiger charge is -2.30. The van der Waals surface area contributed by atoms with Gasteiger partial charge in [0.25, 0.3) is 0 Å². The van der Waals surface area contributed by atoms with Crippen LogP contribution < -0.4 is 9.62 Å². The van der Waals surface area contributed by atoms with Crippen molar-refractivity contribution in [2.45, 2.75) is 70.3 Å². The van der Waals surface area contributed by atoms with Crippen molar-refractivity contribution in [3.63, 3.8) is 0 Å². The fourth-order valence-corrected chi connectivity index (χ4v) is 5.82. The molecule has 1 saturated carbocycles. The Morgan fingerprint density at radius 2 is 1.77 bits per heavy atom. The van der Waals surface area contributed by atoms with E-state index in [4.69, 9.17) is 11.6 Å². The van der Waals surface area contributed by atoms with E-state index in [-0.39, 0.29) is 49.5 Å². The number of benzene rings is 2. The number of carbonyl (C=O) groups excluding carboxylic acids is 2. The maximum atomic E-state index is 13.4. The van der Waals surface area contributed by atoms with Gasteiger partial charge < -0.3 is 10.2 Å². The van der Waals surface area contributed by atoms with Gasteiger partial charge >= 0.3 is 6.18 Å². The van der Waals surface area contributed by atoms with Crippen LogP contribution in [0.3, 0.4) is 0 Å². The second-order valence-corrected chi connectivity index (χ2v) is 12.1. The molecule has 1 fully saturated rings. The molecule has 2 aromatic carbocycles. The van der Waals surface area contributed by atoms with Crippen molar-refractivity contribution in [2.24, 2.45) is 0 Å². The molecule has 0 spiro atoms. The fraction of sp³-hybridized carbons (Fsp3) is 0.481. The summed E-state index contributed by atoms with van der Waals surface area (Å²) in [5, 5.41) is 3.49. The van der Waals surface area contributed by atoms with E-state index in [0.717, 1.165) is 60.0 Å². The minimum Gasteiger partial charge on any atom is -0.352 e. The molecule has 0 saturated heterocycles. The summed E-state index contributed by atoms with van der Waals surface area (Å²) >= 11 is 6.11. The zero-order valence-corrected chi connectivity index (χ0v) is 23.5. The summed E-state index contributed by atoms with van der Waals surface area (Å²) in [6.07, 6.45) is 0.0223.